The summed E-state index contributed by atoms with van der Waals surface area (Å²) < 4.78 is 25.9. The Bertz CT molecular complexity index is 180. The lowest BCUT2D eigenvalue weighted by Crippen LogP contribution is -2.37. The van der Waals surface area contributed by atoms with Crippen molar-refractivity contribution < 1.29 is 8.78 Å². The van der Waals surface area contributed by atoms with E-state index in [9.17, 15) is 8.78 Å². The molecule has 4 heteroatoms. The van der Waals surface area contributed by atoms with Gasteiger partial charge in [0.05, 0.1) is 0 Å². The second-order valence-electron chi connectivity index (χ2n) is 4.05. The Labute approximate surface area is 83.7 Å². The molecule has 2 rings (SSSR count). The van der Waals surface area contributed by atoms with E-state index in [0.29, 0.717) is 0 Å². The summed E-state index contributed by atoms with van der Waals surface area (Å²) in [5.41, 5.74) is 0. The number of nitrogens with one attached hydrogen (secondary N) is 1. The number of hydrogen-bond acceptors (Lipinski definition) is 1. The Morgan fingerprint density at radius 3 is 2.31 bits per heavy atom. The van der Waals surface area contributed by atoms with E-state index in [4.69, 9.17) is 0 Å². The lowest BCUT2D eigenvalue weighted by Gasteiger charge is -2.23. The van der Waals surface area contributed by atoms with Crippen LogP contribution in [-0.4, -0.2) is 18.5 Å². The number of halogens is 3. The number of alkyl halides is 2. The summed E-state index contributed by atoms with van der Waals surface area (Å²) in [6, 6.07) is 0.0868. The predicted molar refractivity (Wildman–Crippen MR) is 50.5 cm³/mol. The zero-order valence-corrected chi connectivity index (χ0v) is 8.54. The van der Waals surface area contributed by atoms with Crippen LogP contribution in [0.4, 0.5) is 8.78 Å². The highest BCUT2D eigenvalue weighted by Crippen LogP contribution is 2.57. The summed E-state index contributed by atoms with van der Waals surface area (Å²) in [5, 5.41) is 3.19. The minimum absolute atomic E-state index is 0. The molecule has 0 amide bonds. The number of rotatable bonds is 1. The lowest BCUT2D eigenvalue weighted by atomic mass is 10.00. The molecule has 0 bridgehead atoms. The first-order valence-corrected chi connectivity index (χ1v) is 4.75. The Balaban J connectivity index is 0.000000845. The minimum atomic E-state index is -2.38. The largest absolute Gasteiger partial charge is 0.313 e. The number of piperidine rings is 1. The fourth-order valence-electron chi connectivity index (χ4n) is 2.31. The summed E-state index contributed by atoms with van der Waals surface area (Å²) in [4.78, 5) is 0. The second-order valence-corrected chi connectivity index (χ2v) is 4.05. The van der Waals surface area contributed by atoms with Gasteiger partial charge >= 0.3 is 0 Å². The molecule has 1 nitrogen and oxygen atoms in total. The van der Waals surface area contributed by atoms with Gasteiger partial charge in [-0.05, 0) is 19.4 Å². The van der Waals surface area contributed by atoms with Gasteiger partial charge in [-0.3, -0.25) is 0 Å². The van der Waals surface area contributed by atoms with E-state index in [0.717, 1.165) is 25.8 Å². The monoisotopic (exact) mass is 211 g/mol. The molecule has 1 saturated carbocycles. The van der Waals surface area contributed by atoms with Crippen LogP contribution >= 0.6 is 12.4 Å². The van der Waals surface area contributed by atoms with Crippen molar-refractivity contribution in [2.24, 2.45) is 11.8 Å². The maximum Gasteiger partial charge on any atom is 0.255 e. The maximum absolute atomic E-state index is 12.9. The van der Waals surface area contributed by atoms with Gasteiger partial charge in [0.25, 0.3) is 5.92 Å². The van der Waals surface area contributed by atoms with Gasteiger partial charge in [0.2, 0.25) is 0 Å². The number of hydrogen-bond donors (Lipinski definition) is 1. The smallest absolute Gasteiger partial charge is 0.255 e. The first-order chi connectivity index (χ1) is 5.64. The minimum Gasteiger partial charge on any atom is -0.313 e. The summed E-state index contributed by atoms with van der Waals surface area (Å²) >= 11 is 0. The highest BCUT2D eigenvalue weighted by atomic mass is 35.5. The third-order valence-electron chi connectivity index (χ3n) is 3.26. The van der Waals surface area contributed by atoms with Gasteiger partial charge in [-0.1, -0.05) is 13.3 Å². The van der Waals surface area contributed by atoms with Crippen LogP contribution in [0, 0.1) is 11.8 Å². The van der Waals surface area contributed by atoms with Crippen molar-refractivity contribution in [2.45, 2.75) is 38.2 Å². The fraction of sp³-hybridized carbons (Fsp3) is 1.00. The Morgan fingerprint density at radius 1 is 1.31 bits per heavy atom. The third kappa shape index (κ3) is 1.82. The molecule has 1 saturated heterocycles. The van der Waals surface area contributed by atoms with Crippen molar-refractivity contribution in [3.8, 4) is 0 Å². The standard InChI is InChI=1S/C9H15F2N.ClH/c1-6-8(9(6,10)11)7-4-2-3-5-12-7;/h6-8,12H,2-5H2,1H3;1H. The summed E-state index contributed by atoms with van der Waals surface area (Å²) in [5.74, 6) is -3.15. The van der Waals surface area contributed by atoms with Gasteiger partial charge < -0.3 is 5.32 Å². The molecule has 1 N–H and O–H groups in total. The van der Waals surface area contributed by atoms with Crippen molar-refractivity contribution in [3.63, 3.8) is 0 Å². The van der Waals surface area contributed by atoms with Crippen LogP contribution in [0.3, 0.4) is 0 Å². The molecule has 1 aliphatic heterocycles. The molecule has 0 spiro atoms. The summed E-state index contributed by atoms with van der Waals surface area (Å²) in [7, 11) is 0. The highest BCUT2D eigenvalue weighted by molar-refractivity contribution is 5.85. The zero-order chi connectivity index (χ0) is 8.77. The first-order valence-electron chi connectivity index (χ1n) is 4.75. The van der Waals surface area contributed by atoms with Gasteiger partial charge in [0, 0.05) is 17.9 Å². The predicted octanol–water partition coefficient (Wildman–Crippen LogP) is 2.45. The molecule has 2 aliphatic rings. The lowest BCUT2D eigenvalue weighted by molar-refractivity contribution is 0.0770. The van der Waals surface area contributed by atoms with Gasteiger partial charge in [0.15, 0.2) is 0 Å². The third-order valence-corrected chi connectivity index (χ3v) is 3.26. The second kappa shape index (κ2) is 3.70. The van der Waals surface area contributed by atoms with Gasteiger partial charge in [-0.25, -0.2) is 8.78 Å². The highest BCUT2D eigenvalue weighted by Gasteiger charge is 2.67. The fourth-order valence-corrected chi connectivity index (χ4v) is 2.31. The van der Waals surface area contributed by atoms with Crippen molar-refractivity contribution in [3.05, 3.63) is 0 Å². The average Bonchev–Trinajstić information content (AvgIpc) is 2.53. The Morgan fingerprint density at radius 2 is 1.92 bits per heavy atom. The van der Waals surface area contributed by atoms with Crippen LogP contribution in [0.5, 0.6) is 0 Å². The van der Waals surface area contributed by atoms with Crippen LogP contribution in [-0.2, 0) is 0 Å². The van der Waals surface area contributed by atoms with Crippen LogP contribution < -0.4 is 5.32 Å². The molecule has 1 aliphatic carbocycles. The van der Waals surface area contributed by atoms with Crippen molar-refractivity contribution in [2.75, 3.05) is 6.54 Å². The normalized spacial score (nSPS) is 42.2. The van der Waals surface area contributed by atoms with E-state index in [1.54, 1.807) is 6.92 Å². The molecule has 1 heterocycles. The molecule has 0 aromatic rings. The van der Waals surface area contributed by atoms with Crippen molar-refractivity contribution >= 4 is 12.4 Å². The molecule has 2 fully saturated rings. The molecule has 78 valence electrons. The first kappa shape index (κ1) is 11.2. The quantitative estimate of drug-likeness (QED) is 0.703. The molecule has 13 heavy (non-hydrogen) atoms. The van der Waals surface area contributed by atoms with Crippen LogP contribution in [0.25, 0.3) is 0 Å². The molecule has 0 aromatic carbocycles. The van der Waals surface area contributed by atoms with Gasteiger partial charge in [0.1, 0.15) is 0 Å². The summed E-state index contributed by atoms with van der Waals surface area (Å²) in [6.07, 6.45) is 3.19. The molecular formula is C9H16ClF2N. The Hall–Kier alpha value is 0.110. The van der Waals surface area contributed by atoms with Crippen LogP contribution in [0.15, 0.2) is 0 Å². The Kier molecular flexibility index (Phi) is 3.18. The van der Waals surface area contributed by atoms with Crippen molar-refractivity contribution in [1.82, 2.24) is 5.32 Å². The van der Waals surface area contributed by atoms with E-state index < -0.39 is 11.8 Å². The molecule has 3 atom stereocenters. The van der Waals surface area contributed by atoms with Crippen molar-refractivity contribution in [1.29, 1.82) is 0 Å². The molecule has 0 aromatic heterocycles. The van der Waals surface area contributed by atoms with Gasteiger partial charge in [-0.2, -0.15) is 0 Å². The zero-order valence-electron chi connectivity index (χ0n) is 7.72. The SMILES string of the molecule is CC1C(C2CCCCN2)C1(F)F.Cl. The average molecular weight is 212 g/mol. The molecule has 0 radical (unpaired) electrons. The molecular weight excluding hydrogens is 196 g/mol. The van der Waals surface area contributed by atoms with E-state index in [1.807, 2.05) is 0 Å². The van der Waals surface area contributed by atoms with E-state index >= 15 is 0 Å². The topological polar surface area (TPSA) is 12.0 Å². The molecule has 3 unspecified atom stereocenters. The van der Waals surface area contributed by atoms with Gasteiger partial charge in [-0.15, -0.1) is 12.4 Å². The maximum atomic E-state index is 12.9. The van der Waals surface area contributed by atoms with E-state index in [2.05, 4.69) is 5.32 Å². The summed E-state index contributed by atoms with van der Waals surface area (Å²) in [6.45, 7) is 2.57. The van der Waals surface area contributed by atoms with E-state index in [1.165, 1.54) is 0 Å². The van der Waals surface area contributed by atoms with Crippen LogP contribution in [0.1, 0.15) is 26.2 Å². The van der Waals surface area contributed by atoms with E-state index in [-0.39, 0.29) is 24.4 Å². The van der Waals surface area contributed by atoms with Crippen LogP contribution in [0.2, 0.25) is 0 Å².